The average molecular weight is 380 g/mol. The molecule has 0 saturated carbocycles. The number of aryl methyl sites for hydroxylation is 1. The second kappa shape index (κ2) is 8.41. The Labute approximate surface area is 163 Å². The molecule has 7 nitrogen and oxygen atoms in total. The standard InChI is InChI=1S/C21H24N4O3/c1-15-7-8-20(28-15)17-13-18(24-23-17)21(26)22-19(16-5-3-2-4-6-16)14-25-9-11-27-12-10-25/h2-8,13,19H,9-12,14H2,1H3,(H,22,26)(H,23,24). The van der Waals surface area contributed by atoms with Crippen LogP contribution in [0.4, 0.5) is 0 Å². The third-order valence-electron chi connectivity index (χ3n) is 4.87. The molecule has 7 heteroatoms. The minimum Gasteiger partial charge on any atom is -0.460 e. The Kier molecular flexibility index (Phi) is 5.55. The van der Waals surface area contributed by atoms with Crippen molar-refractivity contribution in [1.82, 2.24) is 20.4 Å². The predicted octanol–water partition coefficient (Wildman–Crippen LogP) is 2.78. The molecule has 4 rings (SSSR count). The summed E-state index contributed by atoms with van der Waals surface area (Å²) >= 11 is 0. The topological polar surface area (TPSA) is 83.4 Å². The lowest BCUT2D eigenvalue weighted by atomic mass is 10.1. The highest BCUT2D eigenvalue weighted by molar-refractivity contribution is 5.93. The molecule has 2 N–H and O–H groups in total. The van der Waals surface area contributed by atoms with E-state index in [0.29, 0.717) is 17.1 Å². The highest BCUT2D eigenvalue weighted by atomic mass is 16.5. The Morgan fingerprint density at radius 3 is 2.71 bits per heavy atom. The number of amides is 1. The summed E-state index contributed by atoms with van der Waals surface area (Å²) in [4.78, 5) is 15.2. The van der Waals surface area contributed by atoms with Crippen LogP contribution < -0.4 is 5.32 Å². The molecule has 1 unspecified atom stereocenters. The van der Waals surface area contributed by atoms with Gasteiger partial charge in [0, 0.05) is 25.7 Å². The molecule has 1 aliphatic heterocycles. The molecule has 2 aromatic heterocycles. The Morgan fingerprint density at radius 1 is 1.21 bits per heavy atom. The molecule has 3 aromatic rings. The van der Waals surface area contributed by atoms with Crippen molar-refractivity contribution in [2.24, 2.45) is 0 Å². The molecule has 1 aliphatic rings. The van der Waals surface area contributed by atoms with E-state index in [2.05, 4.69) is 20.4 Å². The van der Waals surface area contributed by atoms with Gasteiger partial charge >= 0.3 is 0 Å². The van der Waals surface area contributed by atoms with Crippen LogP contribution in [0.5, 0.6) is 0 Å². The number of morpholine rings is 1. The molecular formula is C21H24N4O3. The van der Waals surface area contributed by atoms with Gasteiger partial charge in [-0.2, -0.15) is 5.10 Å². The van der Waals surface area contributed by atoms with Crippen molar-refractivity contribution in [1.29, 1.82) is 0 Å². The van der Waals surface area contributed by atoms with Gasteiger partial charge in [-0.3, -0.25) is 14.8 Å². The quantitative estimate of drug-likeness (QED) is 0.687. The van der Waals surface area contributed by atoms with Crippen molar-refractivity contribution in [2.45, 2.75) is 13.0 Å². The minimum atomic E-state index is -0.215. The van der Waals surface area contributed by atoms with Crippen LogP contribution in [-0.2, 0) is 4.74 Å². The van der Waals surface area contributed by atoms with E-state index in [9.17, 15) is 4.79 Å². The van der Waals surface area contributed by atoms with Gasteiger partial charge in [0.15, 0.2) is 11.5 Å². The molecule has 0 aliphatic carbocycles. The van der Waals surface area contributed by atoms with E-state index >= 15 is 0 Å². The highest BCUT2D eigenvalue weighted by Crippen LogP contribution is 2.21. The Balaban J connectivity index is 1.49. The first kappa shape index (κ1) is 18.5. The fourth-order valence-corrected chi connectivity index (χ4v) is 3.34. The van der Waals surface area contributed by atoms with Crippen molar-refractivity contribution < 1.29 is 13.9 Å². The highest BCUT2D eigenvalue weighted by Gasteiger charge is 2.22. The van der Waals surface area contributed by atoms with Gasteiger partial charge in [-0.1, -0.05) is 30.3 Å². The van der Waals surface area contributed by atoms with Crippen LogP contribution >= 0.6 is 0 Å². The average Bonchev–Trinajstić information content (AvgIpc) is 3.38. The Morgan fingerprint density at radius 2 is 2.00 bits per heavy atom. The lowest BCUT2D eigenvalue weighted by Gasteiger charge is -2.31. The number of rotatable bonds is 6. The van der Waals surface area contributed by atoms with Crippen LogP contribution in [0, 0.1) is 6.92 Å². The third kappa shape index (κ3) is 4.32. The Bertz CT molecular complexity index is 913. The second-order valence-electron chi connectivity index (χ2n) is 6.93. The van der Waals surface area contributed by atoms with Crippen LogP contribution in [-0.4, -0.2) is 53.9 Å². The first-order valence-electron chi connectivity index (χ1n) is 9.47. The second-order valence-corrected chi connectivity index (χ2v) is 6.93. The smallest absolute Gasteiger partial charge is 0.272 e. The van der Waals surface area contributed by atoms with E-state index in [1.165, 1.54) is 0 Å². The maximum atomic E-state index is 12.9. The normalized spacial score (nSPS) is 16.0. The monoisotopic (exact) mass is 380 g/mol. The number of carbonyl (C=O) groups excluding carboxylic acids is 1. The Hall–Kier alpha value is -2.90. The lowest BCUT2D eigenvalue weighted by Crippen LogP contribution is -2.43. The first-order chi connectivity index (χ1) is 13.7. The van der Waals surface area contributed by atoms with Crippen molar-refractivity contribution in [3.8, 4) is 11.5 Å². The van der Waals surface area contributed by atoms with E-state index in [1.54, 1.807) is 6.07 Å². The van der Waals surface area contributed by atoms with Gasteiger partial charge in [0.1, 0.15) is 11.5 Å². The summed E-state index contributed by atoms with van der Waals surface area (Å²) in [6.45, 7) is 5.78. The predicted molar refractivity (Wildman–Crippen MR) is 105 cm³/mol. The molecule has 1 saturated heterocycles. The van der Waals surface area contributed by atoms with Crippen LogP contribution in [0.1, 0.15) is 27.9 Å². The number of benzene rings is 1. The fourth-order valence-electron chi connectivity index (χ4n) is 3.34. The van der Waals surface area contributed by atoms with E-state index < -0.39 is 0 Å². The number of aromatic amines is 1. The molecule has 0 radical (unpaired) electrons. The molecule has 1 atom stereocenters. The molecule has 0 bridgehead atoms. The number of nitrogens with one attached hydrogen (secondary N) is 2. The van der Waals surface area contributed by atoms with Crippen molar-refractivity contribution in [3.63, 3.8) is 0 Å². The minimum absolute atomic E-state index is 0.127. The van der Waals surface area contributed by atoms with E-state index in [4.69, 9.17) is 9.15 Å². The summed E-state index contributed by atoms with van der Waals surface area (Å²) in [5.41, 5.74) is 2.09. The van der Waals surface area contributed by atoms with E-state index in [0.717, 1.165) is 44.2 Å². The molecule has 1 amide bonds. The molecule has 0 spiro atoms. The molecule has 28 heavy (non-hydrogen) atoms. The molecule has 1 aromatic carbocycles. The van der Waals surface area contributed by atoms with Crippen molar-refractivity contribution in [3.05, 3.63) is 65.5 Å². The number of furan rings is 1. The lowest BCUT2D eigenvalue weighted by molar-refractivity contribution is 0.0332. The summed E-state index contributed by atoms with van der Waals surface area (Å²) in [5, 5.41) is 10.2. The third-order valence-corrected chi connectivity index (χ3v) is 4.87. The molecular weight excluding hydrogens is 356 g/mol. The number of hydrogen-bond donors (Lipinski definition) is 2. The van der Waals surface area contributed by atoms with Crippen LogP contribution in [0.25, 0.3) is 11.5 Å². The van der Waals surface area contributed by atoms with Gasteiger partial charge < -0.3 is 14.5 Å². The number of ether oxygens (including phenoxy) is 1. The molecule has 1 fully saturated rings. The number of hydrogen-bond acceptors (Lipinski definition) is 5. The van der Waals surface area contributed by atoms with Crippen molar-refractivity contribution >= 4 is 5.91 Å². The van der Waals surface area contributed by atoms with Crippen LogP contribution in [0.15, 0.2) is 52.9 Å². The number of nitrogens with zero attached hydrogens (tertiary/aromatic N) is 2. The SMILES string of the molecule is Cc1ccc(-c2cc(C(=O)NC(CN3CCOCC3)c3ccccc3)n[nH]2)o1. The van der Waals surface area contributed by atoms with Crippen molar-refractivity contribution in [2.75, 3.05) is 32.8 Å². The van der Waals surface area contributed by atoms with Gasteiger partial charge in [0.25, 0.3) is 5.91 Å². The van der Waals surface area contributed by atoms with E-state index in [1.807, 2.05) is 49.4 Å². The summed E-state index contributed by atoms with van der Waals surface area (Å²) < 4.78 is 11.0. The molecule has 146 valence electrons. The first-order valence-corrected chi connectivity index (χ1v) is 9.47. The summed E-state index contributed by atoms with van der Waals surface area (Å²) in [6, 6.07) is 15.3. The number of aromatic nitrogens is 2. The zero-order valence-corrected chi connectivity index (χ0v) is 15.9. The van der Waals surface area contributed by atoms with Crippen LogP contribution in [0.2, 0.25) is 0 Å². The van der Waals surface area contributed by atoms with Gasteiger partial charge in [-0.25, -0.2) is 0 Å². The summed E-state index contributed by atoms with van der Waals surface area (Å²) in [7, 11) is 0. The number of carbonyl (C=O) groups is 1. The maximum Gasteiger partial charge on any atom is 0.272 e. The van der Waals surface area contributed by atoms with Gasteiger partial charge in [-0.05, 0) is 24.6 Å². The zero-order chi connectivity index (χ0) is 19.3. The van der Waals surface area contributed by atoms with Gasteiger partial charge in [0.2, 0.25) is 0 Å². The van der Waals surface area contributed by atoms with Gasteiger partial charge in [0.05, 0.1) is 19.3 Å². The molecule has 3 heterocycles. The summed E-state index contributed by atoms with van der Waals surface area (Å²) in [5.74, 6) is 1.26. The van der Waals surface area contributed by atoms with Gasteiger partial charge in [-0.15, -0.1) is 0 Å². The van der Waals surface area contributed by atoms with Crippen LogP contribution in [0.3, 0.4) is 0 Å². The zero-order valence-electron chi connectivity index (χ0n) is 15.9. The summed E-state index contributed by atoms with van der Waals surface area (Å²) in [6.07, 6.45) is 0. The maximum absolute atomic E-state index is 12.9. The van der Waals surface area contributed by atoms with E-state index in [-0.39, 0.29) is 11.9 Å². The fraction of sp³-hybridized carbons (Fsp3) is 0.333. The number of H-pyrrole nitrogens is 1. The largest absolute Gasteiger partial charge is 0.460 e.